The maximum atomic E-state index is 15.0. The summed E-state index contributed by atoms with van der Waals surface area (Å²) in [6, 6.07) is 15.9. The fourth-order valence-corrected chi connectivity index (χ4v) is 7.93. The third-order valence-corrected chi connectivity index (χ3v) is 10.2. The second kappa shape index (κ2) is 14.5. The zero-order chi connectivity index (χ0) is 35.6. The van der Waals surface area contributed by atoms with Crippen molar-refractivity contribution >= 4 is 23.7 Å². The molecule has 11 heteroatoms. The third kappa shape index (κ3) is 6.61. The van der Waals surface area contributed by atoms with Crippen LogP contribution >= 0.6 is 0 Å². The molecule has 2 N–H and O–H groups in total. The number of aliphatic hydroxyl groups is 1. The van der Waals surface area contributed by atoms with Gasteiger partial charge in [0.1, 0.15) is 23.7 Å². The Morgan fingerprint density at radius 1 is 1.00 bits per heavy atom. The van der Waals surface area contributed by atoms with Gasteiger partial charge in [0.05, 0.1) is 37.3 Å². The first-order valence-corrected chi connectivity index (χ1v) is 17.3. The van der Waals surface area contributed by atoms with Crippen LogP contribution in [-0.2, 0) is 39.8 Å². The van der Waals surface area contributed by atoms with E-state index in [2.05, 4.69) is 5.32 Å². The van der Waals surface area contributed by atoms with Crippen LogP contribution in [0.25, 0.3) is 0 Å². The number of methoxy groups -OCH3 is 1. The summed E-state index contributed by atoms with van der Waals surface area (Å²) in [5, 5.41) is 13.8. The molecule has 0 unspecified atom stereocenters. The Morgan fingerprint density at radius 2 is 1.70 bits per heavy atom. The predicted octanol–water partition coefficient (Wildman–Crippen LogP) is 3.13. The van der Waals surface area contributed by atoms with Crippen molar-refractivity contribution in [1.29, 1.82) is 0 Å². The lowest BCUT2D eigenvalue weighted by Gasteiger charge is -2.43. The van der Waals surface area contributed by atoms with E-state index in [1.807, 2.05) is 93.6 Å². The highest BCUT2D eigenvalue weighted by Gasteiger charge is 2.74. The Bertz CT molecular complexity index is 1620. The molecule has 4 heterocycles. The molecule has 266 valence electrons. The highest BCUT2D eigenvalue weighted by atomic mass is 16.6. The largest absolute Gasteiger partial charge is 0.455 e. The number of carbonyl (C=O) groups is 4. The standard InChI is InChI=1S/C39H47N3O8/c1-38(2,3)41-21-13-7-12-18-30(44)40-28(24-48-4)33(26-16-10-6-11-17-26)49-37(47)31-29-19-20-39(50-29)32(31)35(45)42(34(39)36(41)46)27(23-43)22-25-14-8-5-9-15-25/h5-11,13-17,19-20,27-29,31-34,43H,12,18,21-24H2,1-4H3,(H,40,44)/b13-7-/t27-,28+,29-,31+,32+,33+,34-,39+/m1/s1. The van der Waals surface area contributed by atoms with Gasteiger partial charge in [-0.05, 0) is 44.7 Å². The molecule has 2 fully saturated rings. The van der Waals surface area contributed by atoms with Gasteiger partial charge in [0.25, 0.3) is 0 Å². The van der Waals surface area contributed by atoms with Gasteiger partial charge in [-0.2, -0.15) is 0 Å². The lowest BCUT2D eigenvalue weighted by Crippen LogP contribution is -2.61. The molecular formula is C39H47N3O8. The Kier molecular flexibility index (Phi) is 10.3. The molecule has 0 aromatic heterocycles. The normalized spacial score (nSPS) is 31.4. The highest BCUT2D eigenvalue weighted by molar-refractivity contribution is 5.99. The average molecular weight is 686 g/mol. The molecule has 8 atom stereocenters. The summed E-state index contributed by atoms with van der Waals surface area (Å²) in [5.41, 5.74) is -0.602. The SMILES string of the molecule is COC[C@@H]1NC(=O)CC/C=C\CN(C(C)(C)C)C(=O)[C@H]2N([C@@H](CO)Cc3ccccc3)C(=O)[C@@H]3[C@@H](C(=O)O[C@H]1c1ccccc1)[C@H]1C=C[C@]32O1. The summed E-state index contributed by atoms with van der Waals surface area (Å²) in [7, 11) is 1.51. The highest BCUT2D eigenvalue weighted by Crippen LogP contribution is 2.56. The summed E-state index contributed by atoms with van der Waals surface area (Å²) < 4.78 is 18.4. The monoisotopic (exact) mass is 685 g/mol. The molecule has 3 amide bonds. The number of carbonyl (C=O) groups excluding carboxylic acids is 4. The number of rotatable bonds is 7. The number of ether oxygens (including phenoxy) is 3. The number of likely N-dealkylation sites (tertiary alicyclic amines) is 1. The molecular weight excluding hydrogens is 638 g/mol. The lowest BCUT2D eigenvalue weighted by molar-refractivity contribution is -0.163. The van der Waals surface area contributed by atoms with Crippen LogP contribution in [0.3, 0.4) is 0 Å². The van der Waals surface area contributed by atoms with Crippen molar-refractivity contribution in [1.82, 2.24) is 15.1 Å². The molecule has 11 nitrogen and oxygen atoms in total. The lowest BCUT2D eigenvalue weighted by atomic mass is 9.74. The van der Waals surface area contributed by atoms with Crippen LogP contribution in [0.1, 0.15) is 50.8 Å². The molecule has 50 heavy (non-hydrogen) atoms. The van der Waals surface area contributed by atoms with Crippen molar-refractivity contribution in [3.05, 3.63) is 96.1 Å². The number of esters is 1. The summed E-state index contributed by atoms with van der Waals surface area (Å²) in [4.78, 5) is 60.7. The molecule has 0 saturated carbocycles. The number of fused-ring (bicyclic) bond motifs is 2. The van der Waals surface area contributed by atoms with E-state index >= 15 is 0 Å². The molecule has 2 aromatic carbocycles. The quantitative estimate of drug-likeness (QED) is 0.336. The number of nitrogens with one attached hydrogen (secondary N) is 1. The summed E-state index contributed by atoms with van der Waals surface area (Å²) in [6.45, 7) is 5.63. The number of allylic oxidation sites excluding steroid dienone is 1. The molecule has 6 rings (SSSR count). The Labute approximate surface area is 293 Å². The van der Waals surface area contributed by atoms with E-state index in [1.165, 1.54) is 12.0 Å². The van der Waals surface area contributed by atoms with E-state index in [4.69, 9.17) is 14.2 Å². The minimum atomic E-state index is -1.46. The van der Waals surface area contributed by atoms with E-state index in [0.29, 0.717) is 18.4 Å². The van der Waals surface area contributed by atoms with Gasteiger partial charge in [-0.3, -0.25) is 19.2 Å². The number of cyclic esters (lactones) is 1. The molecule has 5 bridgehead atoms. The van der Waals surface area contributed by atoms with Gasteiger partial charge >= 0.3 is 5.97 Å². The number of benzene rings is 2. The van der Waals surface area contributed by atoms with Crippen LogP contribution in [-0.4, -0.2) is 101 Å². The predicted molar refractivity (Wildman–Crippen MR) is 184 cm³/mol. The molecule has 4 aliphatic rings. The first-order chi connectivity index (χ1) is 24.0. The van der Waals surface area contributed by atoms with E-state index in [-0.39, 0.29) is 31.4 Å². The number of aliphatic hydroxyl groups excluding tert-OH is 1. The molecule has 2 aromatic rings. The van der Waals surface area contributed by atoms with Crippen molar-refractivity contribution < 1.29 is 38.5 Å². The minimum absolute atomic E-state index is 0.0633. The van der Waals surface area contributed by atoms with Gasteiger partial charge in [0.15, 0.2) is 0 Å². The van der Waals surface area contributed by atoms with Crippen molar-refractivity contribution in [2.45, 2.75) is 81.5 Å². The van der Waals surface area contributed by atoms with E-state index in [0.717, 1.165) is 5.56 Å². The number of nitrogens with zero attached hydrogens (tertiary/aromatic N) is 2. The fourth-order valence-electron chi connectivity index (χ4n) is 7.93. The van der Waals surface area contributed by atoms with Gasteiger partial charge in [-0.1, -0.05) is 85.0 Å². The zero-order valence-electron chi connectivity index (χ0n) is 29.1. The second-order valence-corrected chi connectivity index (χ2v) is 14.5. The van der Waals surface area contributed by atoms with E-state index < -0.39 is 71.8 Å². The van der Waals surface area contributed by atoms with Crippen molar-refractivity contribution in [3.8, 4) is 0 Å². The van der Waals surface area contributed by atoms with Gasteiger partial charge in [-0.15, -0.1) is 0 Å². The number of amides is 3. The Morgan fingerprint density at radius 3 is 2.36 bits per heavy atom. The van der Waals surface area contributed by atoms with Crippen LogP contribution < -0.4 is 5.32 Å². The number of hydrogen-bond acceptors (Lipinski definition) is 8. The second-order valence-electron chi connectivity index (χ2n) is 14.5. The summed E-state index contributed by atoms with van der Waals surface area (Å²) in [6.07, 6.45) is 6.34. The third-order valence-electron chi connectivity index (χ3n) is 10.2. The van der Waals surface area contributed by atoms with Crippen molar-refractivity contribution in [2.75, 3.05) is 26.9 Å². The Hall–Kier alpha value is -4.32. The fraction of sp³-hybridized carbons (Fsp3) is 0.487. The summed E-state index contributed by atoms with van der Waals surface area (Å²) in [5.74, 6) is -3.88. The van der Waals surface area contributed by atoms with Gasteiger partial charge in [-0.25, -0.2) is 0 Å². The van der Waals surface area contributed by atoms with Gasteiger partial charge in [0, 0.05) is 25.6 Å². The average Bonchev–Trinajstić information content (AvgIpc) is 3.74. The maximum absolute atomic E-state index is 15.0. The molecule has 1 spiro atoms. The molecule has 0 aliphatic carbocycles. The van der Waals surface area contributed by atoms with Crippen LogP contribution in [0.4, 0.5) is 0 Å². The van der Waals surface area contributed by atoms with Gasteiger partial charge in [0.2, 0.25) is 17.7 Å². The maximum Gasteiger partial charge on any atom is 0.313 e. The van der Waals surface area contributed by atoms with Crippen LogP contribution in [0.15, 0.2) is 85.0 Å². The molecule has 4 aliphatic heterocycles. The van der Waals surface area contributed by atoms with Crippen LogP contribution in [0, 0.1) is 11.8 Å². The summed E-state index contributed by atoms with van der Waals surface area (Å²) >= 11 is 0. The van der Waals surface area contributed by atoms with Gasteiger partial charge < -0.3 is 34.4 Å². The van der Waals surface area contributed by atoms with Crippen molar-refractivity contribution in [2.24, 2.45) is 11.8 Å². The minimum Gasteiger partial charge on any atom is -0.455 e. The Balaban J connectivity index is 1.47. The first-order valence-electron chi connectivity index (χ1n) is 17.3. The van der Waals surface area contributed by atoms with Crippen molar-refractivity contribution in [3.63, 3.8) is 0 Å². The smallest absolute Gasteiger partial charge is 0.313 e. The van der Waals surface area contributed by atoms with Crippen LogP contribution in [0.2, 0.25) is 0 Å². The first kappa shape index (κ1) is 35.5. The zero-order valence-corrected chi connectivity index (χ0v) is 29.1. The van der Waals surface area contributed by atoms with E-state index in [1.54, 1.807) is 17.1 Å². The number of hydrogen-bond donors (Lipinski definition) is 2. The molecule has 0 radical (unpaired) electrons. The van der Waals surface area contributed by atoms with E-state index in [9.17, 15) is 24.3 Å². The topological polar surface area (TPSA) is 135 Å². The molecule has 2 saturated heterocycles. The van der Waals surface area contributed by atoms with Crippen LogP contribution in [0.5, 0.6) is 0 Å².